The highest BCUT2D eigenvalue weighted by molar-refractivity contribution is 5.99. The summed E-state index contributed by atoms with van der Waals surface area (Å²) in [5.74, 6) is 1.08. The van der Waals surface area contributed by atoms with E-state index in [4.69, 9.17) is 9.47 Å². The van der Waals surface area contributed by atoms with Crippen molar-refractivity contribution in [3.05, 3.63) is 53.9 Å². The van der Waals surface area contributed by atoms with E-state index in [2.05, 4.69) is 4.98 Å². The lowest BCUT2D eigenvalue weighted by atomic mass is 9.89. The lowest BCUT2D eigenvalue weighted by molar-refractivity contribution is -0.132. The Morgan fingerprint density at radius 3 is 2.71 bits per heavy atom. The second-order valence-electron chi connectivity index (χ2n) is 6.97. The van der Waals surface area contributed by atoms with Crippen molar-refractivity contribution in [2.45, 2.75) is 25.7 Å². The van der Waals surface area contributed by atoms with E-state index in [9.17, 15) is 9.59 Å². The fourth-order valence-corrected chi connectivity index (χ4v) is 3.60. The molecule has 1 atom stereocenters. The van der Waals surface area contributed by atoms with Crippen LogP contribution in [-0.2, 0) is 11.2 Å². The Balaban J connectivity index is 1.62. The van der Waals surface area contributed by atoms with Gasteiger partial charge < -0.3 is 14.4 Å². The third-order valence-corrected chi connectivity index (χ3v) is 5.16. The first-order valence-corrected chi connectivity index (χ1v) is 9.55. The second-order valence-corrected chi connectivity index (χ2v) is 6.97. The van der Waals surface area contributed by atoms with E-state index in [1.807, 2.05) is 17.0 Å². The maximum absolute atomic E-state index is 13.0. The van der Waals surface area contributed by atoms with Crippen LogP contribution in [0.1, 0.15) is 35.2 Å². The largest absolute Gasteiger partial charge is 0.493 e. The van der Waals surface area contributed by atoms with Crippen LogP contribution in [0, 0.1) is 5.92 Å². The average Bonchev–Trinajstić information content (AvgIpc) is 2.77. The number of carbonyl (C=O) groups excluding carboxylic acids is 2. The summed E-state index contributed by atoms with van der Waals surface area (Å²) in [7, 11) is 3.12. The van der Waals surface area contributed by atoms with Gasteiger partial charge in [-0.1, -0.05) is 6.07 Å². The van der Waals surface area contributed by atoms with Gasteiger partial charge in [0.25, 0.3) is 0 Å². The topological polar surface area (TPSA) is 68.7 Å². The summed E-state index contributed by atoms with van der Waals surface area (Å²) in [6, 6.07) is 9.06. The molecule has 0 N–H and O–H groups in total. The van der Waals surface area contributed by atoms with Crippen LogP contribution in [0.5, 0.6) is 11.5 Å². The molecule has 1 fully saturated rings. The van der Waals surface area contributed by atoms with E-state index in [1.165, 1.54) is 0 Å². The van der Waals surface area contributed by atoms with Crippen molar-refractivity contribution in [1.82, 2.24) is 9.88 Å². The molecule has 1 aliphatic rings. The van der Waals surface area contributed by atoms with Gasteiger partial charge in [-0.2, -0.15) is 0 Å². The zero-order valence-corrected chi connectivity index (χ0v) is 16.4. The van der Waals surface area contributed by atoms with Crippen LogP contribution in [0.4, 0.5) is 0 Å². The molecular weight excluding hydrogens is 356 g/mol. The van der Waals surface area contributed by atoms with Crippen LogP contribution in [0.3, 0.4) is 0 Å². The number of amides is 1. The molecule has 3 rings (SSSR count). The Hall–Kier alpha value is -2.89. The minimum Gasteiger partial charge on any atom is -0.493 e. The molecule has 1 amide bonds. The maximum Gasteiger partial charge on any atom is 0.222 e. The van der Waals surface area contributed by atoms with Crippen LogP contribution < -0.4 is 9.47 Å². The van der Waals surface area contributed by atoms with Crippen molar-refractivity contribution in [1.29, 1.82) is 0 Å². The van der Waals surface area contributed by atoms with Gasteiger partial charge in [0, 0.05) is 43.4 Å². The Labute approximate surface area is 165 Å². The fourth-order valence-electron chi connectivity index (χ4n) is 3.60. The molecule has 0 aliphatic carbocycles. The number of pyridine rings is 1. The zero-order chi connectivity index (χ0) is 19.9. The summed E-state index contributed by atoms with van der Waals surface area (Å²) >= 11 is 0. The number of nitrogens with zero attached hydrogens (tertiary/aromatic N) is 2. The number of Topliss-reactive ketones (excluding diaryl/α,β-unsaturated/α-hetero) is 1. The number of carbonyl (C=O) groups is 2. The summed E-state index contributed by atoms with van der Waals surface area (Å²) in [6.07, 6.45) is 6.23. The lowest BCUT2D eigenvalue weighted by Crippen LogP contribution is -2.42. The number of aryl methyl sites for hydroxylation is 1. The molecule has 1 saturated heterocycles. The molecule has 1 aromatic carbocycles. The number of likely N-dealkylation sites (tertiary alicyclic amines) is 1. The van der Waals surface area contributed by atoms with Crippen molar-refractivity contribution in [3.63, 3.8) is 0 Å². The van der Waals surface area contributed by atoms with Gasteiger partial charge >= 0.3 is 0 Å². The maximum atomic E-state index is 13.0. The molecule has 0 unspecified atom stereocenters. The summed E-state index contributed by atoms with van der Waals surface area (Å²) in [5, 5.41) is 0. The monoisotopic (exact) mass is 382 g/mol. The number of piperidine rings is 1. The molecule has 28 heavy (non-hydrogen) atoms. The Bertz CT molecular complexity index is 823. The fraction of sp³-hybridized carbons (Fsp3) is 0.409. The summed E-state index contributed by atoms with van der Waals surface area (Å²) in [6.45, 7) is 1.18. The molecule has 148 valence electrons. The molecule has 0 radical (unpaired) electrons. The molecule has 6 nitrogen and oxygen atoms in total. The number of ether oxygens (including phenoxy) is 2. The molecule has 0 spiro atoms. The third-order valence-electron chi connectivity index (χ3n) is 5.16. The van der Waals surface area contributed by atoms with Gasteiger partial charge in [0.2, 0.25) is 5.91 Å². The number of methoxy groups -OCH3 is 2. The lowest BCUT2D eigenvalue weighted by Gasteiger charge is -2.32. The van der Waals surface area contributed by atoms with E-state index in [0.717, 1.165) is 18.4 Å². The van der Waals surface area contributed by atoms with E-state index in [0.29, 0.717) is 43.0 Å². The zero-order valence-electron chi connectivity index (χ0n) is 16.4. The van der Waals surface area contributed by atoms with Gasteiger partial charge in [0.15, 0.2) is 17.3 Å². The predicted octanol–water partition coefficient (Wildman–Crippen LogP) is 3.15. The van der Waals surface area contributed by atoms with Gasteiger partial charge in [-0.15, -0.1) is 0 Å². The van der Waals surface area contributed by atoms with Crippen LogP contribution in [0.25, 0.3) is 0 Å². The first-order valence-electron chi connectivity index (χ1n) is 9.55. The van der Waals surface area contributed by atoms with E-state index in [1.54, 1.807) is 44.8 Å². The van der Waals surface area contributed by atoms with Crippen LogP contribution in [0.2, 0.25) is 0 Å². The minimum absolute atomic E-state index is 0.0470. The number of hydrogen-bond donors (Lipinski definition) is 0. The van der Waals surface area contributed by atoms with Crippen LogP contribution in [-0.4, -0.2) is 48.9 Å². The summed E-state index contributed by atoms with van der Waals surface area (Å²) < 4.78 is 10.5. The molecule has 0 bridgehead atoms. The molecule has 1 aliphatic heterocycles. The molecule has 2 heterocycles. The van der Waals surface area contributed by atoms with Crippen molar-refractivity contribution in [2.75, 3.05) is 27.3 Å². The van der Waals surface area contributed by atoms with Crippen molar-refractivity contribution < 1.29 is 19.1 Å². The summed E-state index contributed by atoms with van der Waals surface area (Å²) in [4.78, 5) is 31.5. The van der Waals surface area contributed by atoms with Crippen molar-refractivity contribution in [2.24, 2.45) is 5.92 Å². The Morgan fingerprint density at radius 2 is 2.00 bits per heavy atom. The second kappa shape index (κ2) is 9.35. The summed E-state index contributed by atoms with van der Waals surface area (Å²) in [5.41, 5.74) is 1.64. The smallest absolute Gasteiger partial charge is 0.222 e. The molecular formula is C22H26N2O4. The molecule has 2 aromatic rings. The quantitative estimate of drug-likeness (QED) is 0.688. The van der Waals surface area contributed by atoms with Gasteiger partial charge in [-0.3, -0.25) is 14.6 Å². The highest BCUT2D eigenvalue weighted by Gasteiger charge is 2.29. The van der Waals surface area contributed by atoms with Crippen LogP contribution >= 0.6 is 0 Å². The molecule has 0 saturated carbocycles. The van der Waals surface area contributed by atoms with E-state index in [-0.39, 0.29) is 17.6 Å². The van der Waals surface area contributed by atoms with E-state index >= 15 is 0 Å². The van der Waals surface area contributed by atoms with Crippen molar-refractivity contribution >= 4 is 11.7 Å². The number of rotatable bonds is 7. The third kappa shape index (κ3) is 4.68. The number of hydrogen-bond acceptors (Lipinski definition) is 5. The SMILES string of the molecule is COc1ccc(C(=O)[C@@H]2CCCN(C(=O)CCc3cccnc3)C2)cc1OC. The molecule has 6 heteroatoms. The van der Waals surface area contributed by atoms with E-state index < -0.39 is 0 Å². The highest BCUT2D eigenvalue weighted by atomic mass is 16.5. The van der Waals surface area contributed by atoms with Gasteiger partial charge in [-0.25, -0.2) is 0 Å². The van der Waals surface area contributed by atoms with Crippen molar-refractivity contribution in [3.8, 4) is 11.5 Å². The van der Waals surface area contributed by atoms with Gasteiger partial charge in [0.1, 0.15) is 0 Å². The standard InChI is InChI=1S/C22H26N2O4/c1-27-19-9-8-17(13-20(19)28-2)22(26)18-6-4-12-24(15-18)21(25)10-7-16-5-3-11-23-14-16/h3,5,8-9,11,13-14,18H,4,6-7,10,12,15H2,1-2H3/t18-/m1/s1. The normalized spacial score (nSPS) is 16.5. The predicted molar refractivity (Wildman–Crippen MR) is 106 cm³/mol. The molecule has 1 aromatic heterocycles. The van der Waals surface area contributed by atoms with Crippen LogP contribution in [0.15, 0.2) is 42.7 Å². The number of benzene rings is 1. The highest BCUT2D eigenvalue weighted by Crippen LogP contribution is 2.30. The number of ketones is 1. The number of aromatic nitrogens is 1. The average molecular weight is 382 g/mol. The van der Waals surface area contributed by atoms with Gasteiger partial charge in [-0.05, 0) is 49.1 Å². The first-order chi connectivity index (χ1) is 13.6. The minimum atomic E-state index is -0.186. The first kappa shape index (κ1) is 19.9. The Kier molecular flexibility index (Phi) is 6.63. The Morgan fingerprint density at radius 1 is 1.18 bits per heavy atom. The van der Waals surface area contributed by atoms with Gasteiger partial charge in [0.05, 0.1) is 14.2 Å².